The second-order valence-corrected chi connectivity index (χ2v) is 19.2. The van der Waals surface area contributed by atoms with Crippen LogP contribution in [0.1, 0.15) is 84.0 Å². The van der Waals surface area contributed by atoms with E-state index < -0.39 is 63.3 Å². The number of fused-ring (bicyclic) bond motifs is 4. The van der Waals surface area contributed by atoms with Crippen LogP contribution in [-0.2, 0) is 66.4 Å². The van der Waals surface area contributed by atoms with Crippen LogP contribution in [0, 0.1) is 0 Å². The Labute approximate surface area is 308 Å². The first-order valence-corrected chi connectivity index (χ1v) is 22.0. The summed E-state index contributed by atoms with van der Waals surface area (Å²) in [5, 5.41) is 10.3. The van der Waals surface area contributed by atoms with Gasteiger partial charge in [0.05, 0.1) is 21.8 Å². The first kappa shape index (κ1) is 37.4. The summed E-state index contributed by atoms with van der Waals surface area (Å²) < 4.78 is 101. The van der Waals surface area contributed by atoms with Crippen LogP contribution < -0.4 is 14.8 Å². The number of nitrogens with zero attached hydrogens (tertiary/aromatic N) is 2. The molecular weight excluding hydrogens is 747 g/mol. The molecule has 5 N–H and O–H groups in total. The van der Waals surface area contributed by atoms with Gasteiger partial charge in [-0.05, 0) is 102 Å². The first-order valence-electron chi connectivity index (χ1n) is 17.5. The van der Waals surface area contributed by atoms with E-state index in [1.54, 1.807) is 0 Å². The second kappa shape index (κ2) is 13.2. The van der Waals surface area contributed by atoms with Crippen molar-refractivity contribution >= 4 is 53.4 Å². The number of anilines is 2. The van der Waals surface area contributed by atoms with Crippen LogP contribution in [0.4, 0.5) is 11.4 Å². The maximum atomic E-state index is 12.6. The van der Waals surface area contributed by atoms with E-state index in [9.17, 15) is 48.8 Å². The van der Waals surface area contributed by atoms with Gasteiger partial charge in [-0.15, -0.1) is 0 Å². The minimum Gasteiger partial charge on any atom is -0.476 e. The molecule has 0 saturated heterocycles. The monoisotopic (exact) mass is 788 g/mol. The number of hydrogen-bond acceptors (Lipinski definition) is 9. The fourth-order valence-electron chi connectivity index (χ4n) is 8.77. The number of aryl methyl sites for hydroxylation is 2. The minimum atomic E-state index is -4.88. The van der Waals surface area contributed by atoms with Gasteiger partial charge in [0, 0.05) is 49.4 Å². The van der Waals surface area contributed by atoms with Crippen LogP contribution >= 0.6 is 0 Å². The Kier molecular flexibility index (Phi) is 9.30. The normalized spacial score (nSPS) is 19.2. The van der Waals surface area contributed by atoms with Crippen molar-refractivity contribution in [3.63, 3.8) is 0 Å². The van der Waals surface area contributed by atoms with Gasteiger partial charge >= 0.3 is 5.97 Å². The number of carboxylic acids is 1. The lowest BCUT2D eigenvalue weighted by molar-refractivity contribution is -0.489. The standard InChI is InChI=1S/C36H41N3O11S3/c1-36(2)28-19-30-21(6-3-14-39(30)20-23-9-10-24(52(45,46)47)18-31(23)53(48,49)50)16-26(28)33(37-29(35(40)41)11-15-51(42,43)44)27-17-22-7-4-12-38-13-5-8-25(32(27)36)34(22)38/h9-10,16-19,29H,3-8,11-15,20H2,1-2H3,(H,40,41)(H,42,43,44)(H,45,46,47)(H,48,49,50)/p+1. The van der Waals surface area contributed by atoms with Crippen LogP contribution in [0.25, 0.3) is 0 Å². The molecule has 4 aliphatic rings. The molecule has 0 fully saturated rings. The molecule has 7 rings (SSSR count). The Balaban J connectivity index is 1.42. The summed E-state index contributed by atoms with van der Waals surface area (Å²) in [5.41, 5.74) is 8.93. The number of carboxylic acid groups (broad SMARTS) is 1. The average Bonchev–Trinajstić information content (AvgIpc) is 3.06. The fraction of sp³-hybridized carbons (Fsp3) is 0.444. The maximum absolute atomic E-state index is 12.6. The van der Waals surface area contributed by atoms with Gasteiger partial charge in [-0.3, -0.25) is 13.7 Å². The van der Waals surface area contributed by atoms with Crippen molar-refractivity contribution in [3.8, 4) is 0 Å². The average molecular weight is 789 g/mol. The van der Waals surface area contributed by atoms with E-state index >= 15 is 0 Å². The van der Waals surface area contributed by atoms with E-state index in [0.29, 0.717) is 25.1 Å². The molecule has 0 amide bonds. The van der Waals surface area contributed by atoms with E-state index in [0.717, 1.165) is 84.4 Å². The van der Waals surface area contributed by atoms with Crippen molar-refractivity contribution in [3.05, 3.63) is 80.9 Å². The predicted molar refractivity (Wildman–Crippen MR) is 196 cm³/mol. The third-order valence-electron chi connectivity index (χ3n) is 11.1. The second-order valence-electron chi connectivity index (χ2n) is 14.9. The Hall–Kier alpha value is -3.87. The van der Waals surface area contributed by atoms with Gasteiger partial charge < -0.3 is 14.9 Å². The smallest absolute Gasteiger partial charge is 0.372 e. The lowest BCUT2D eigenvalue weighted by atomic mass is 9.64. The molecule has 284 valence electrons. The van der Waals surface area contributed by atoms with Crippen molar-refractivity contribution in [1.29, 1.82) is 0 Å². The summed E-state index contributed by atoms with van der Waals surface area (Å²) in [7, 11) is -14.1. The summed E-state index contributed by atoms with van der Waals surface area (Å²) >= 11 is 0. The highest BCUT2D eigenvalue weighted by atomic mass is 32.2. The van der Waals surface area contributed by atoms with Crippen molar-refractivity contribution in [1.82, 2.24) is 0 Å². The van der Waals surface area contributed by atoms with Crippen LogP contribution in [0.2, 0.25) is 0 Å². The van der Waals surface area contributed by atoms with Crippen LogP contribution in [-0.4, -0.2) is 87.1 Å². The number of nitrogens with one attached hydrogen (secondary N) is 1. The van der Waals surface area contributed by atoms with Crippen molar-refractivity contribution in [2.45, 2.75) is 86.6 Å². The zero-order chi connectivity index (χ0) is 38.2. The van der Waals surface area contributed by atoms with Crippen molar-refractivity contribution in [2.24, 2.45) is 0 Å². The number of aliphatic carboxylic acids is 1. The van der Waals surface area contributed by atoms with E-state index in [1.807, 2.05) is 17.0 Å². The van der Waals surface area contributed by atoms with E-state index in [-0.39, 0.29) is 18.5 Å². The van der Waals surface area contributed by atoms with E-state index in [4.69, 9.17) is 0 Å². The van der Waals surface area contributed by atoms with Crippen molar-refractivity contribution < 1.29 is 53.8 Å². The molecule has 0 radical (unpaired) electrons. The highest BCUT2D eigenvalue weighted by Gasteiger charge is 2.45. The highest BCUT2D eigenvalue weighted by Crippen LogP contribution is 2.50. The Bertz CT molecular complexity index is 2420. The number of carbonyl (C=O) groups is 1. The molecule has 0 saturated carbocycles. The molecule has 0 aromatic heterocycles. The summed E-state index contributed by atoms with van der Waals surface area (Å²) in [6.45, 7) is 6.64. The van der Waals surface area contributed by atoms with E-state index in [1.165, 1.54) is 22.9 Å². The molecule has 0 bridgehead atoms. The Morgan fingerprint density at radius 2 is 1.51 bits per heavy atom. The van der Waals surface area contributed by atoms with Crippen molar-refractivity contribution in [2.75, 3.05) is 35.2 Å². The van der Waals surface area contributed by atoms with E-state index in [2.05, 4.69) is 29.8 Å². The largest absolute Gasteiger partial charge is 0.476 e. The molecule has 14 nitrogen and oxygen atoms in total. The molecule has 3 aromatic carbocycles. The quantitative estimate of drug-likeness (QED) is 0.197. The fourth-order valence-corrected chi connectivity index (χ4v) is 10.6. The molecule has 0 spiro atoms. The third-order valence-corrected chi connectivity index (χ3v) is 13.6. The molecule has 17 heteroatoms. The number of hydrogen-bond donors (Lipinski definition) is 5. The molecule has 3 heterocycles. The summed E-state index contributed by atoms with van der Waals surface area (Å²) in [6, 6.07) is 7.94. The SMILES string of the molecule is CC1(C)c2cc3c(cc2C(=[NH+]C(CCS(=O)(=O)O)C(=O)O)c2cc4c5c(c21)CCCN5CCC4)CCCN3Cc1ccc(S(=O)(=O)O)cc1S(=O)(=O)O. The zero-order valence-corrected chi connectivity index (χ0v) is 31.7. The molecule has 3 aromatic rings. The third kappa shape index (κ3) is 6.98. The lowest BCUT2D eigenvalue weighted by Crippen LogP contribution is -2.83. The van der Waals surface area contributed by atoms with Crippen LogP contribution in [0.3, 0.4) is 0 Å². The summed E-state index contributed by atoms with van der Waals surface area (Å²) in [4.78, 5) is 18.9. The molecule has 53 heavy (non-hydrogen) atoms. The zero-order valence-electron chi connectivity index (χ0n) is 29.3. The van der Waals surface area contributed by atoms with Crippen LogP contribution in [0.5, 0.6) is 0 Å². The number of rotatable bonds is 9. The molecular formula is C36H42N3O11S3+. The van der Waals surface area contributed by atoms with Gasteiger partial charge in [-0.25, -0.2) is 9.79 Å². The molecule has 3 aliphatic heterocycles. The first-order chi connectivity index (χ1) is 24.7. The van der Waals surface area contributed by atoms with Gasteiger partial charge in [-0.2, -0.15) is 25.3 Å². The summed E-state index contributed by atoms with van der Waals surface area (Å²) in [5.74, 6) is -2.01. The Morgan fingerprint density at radius 3 is 2.17 bits per heavy atom. The van der Waals surface area contributed by atoms with Gasteiger partial charge in [0.15, 0.2) is 0 Å². The number of benzene rings is 3. The van der Waals surface area contributed by atoms with Gasteiger partial charge in [-0.1, -0.05) is 19.9 Å². The van der Waals surface area contributed by atoms with Gasteiger partial charge in [0.2, 0.25) is 11.8 Å². The molecule has 1 aliphatic carbocycles. The molecule has 1 atom stereocenters. The molecule has 1 unspecified atom stereocenters. The Morgan fingerprint density at radius 1 is 0.849 bits per heavy atom. The lowest BCUT2D eigenvalue weighted by Gasteiger charge is -2.44. The van der Waals surface area contributed by atoms with Crippen LogP contribution in [0.15, 0.2) is 46.2 Å². The predicted octanol–water partition coefficient (Wildman–Crippen LogP) is 2.12. The van der Waals surface area contributed by atoms with Gasteiger partial charge in [0.1, 0.15) is 4.90 Å². The summed E-state index contributed by atoms with van der Waals surface area (Å²) in [6.07, 6.45) is 4.57. The topological polar surface area (TPSA) is 221 Å². The highest BCUT2D eigenvalue weighted by molar-refractivity contribution is 7.86. The minimum absolute atomic E-state index is 0.0110. The maximum Gasteiger partial charge on any atom is 0.372 e. The van der Waals surface area contributed by atoms with Gasteiger partial charge in [0.25, 0.3) is 30.4 Å².